The van der Waals surface area contributed by atoms with Gasteiger partial charge in [-0.15, -0.1) is 0 Å². The van der Waals surface area contributed by atoms with Gasteiger partial charge in [-0.2, -0.15) is 0 Å². The number of hydrogen-bond donors (Lipinski definition) is 0. The van der Waals surface area contributed by atoms with Crippen molar-refractivity contribution in [3.05, 3.63) is 24.3 Å². The highest BCUT2D eigenvalue weighted by Gasteiger charge is 2.30. The highest BCUT2D eigenvalue weighted by atomic mass is 32.2. The lowest BCUT2D eigenvalue weighted by Crippen LogP contribution is -2.52. The molecule has 1 aliphatic heterocycles. The van der Waals surface area contributed by atoms with Crippen LogP contribution in [0.15, 0.2) is 24.3 Å². The quantitative estimate of drug-likeness (QED) is 0.818. The van der Waals surface area contributed by atoms with Gasteiger partial charge in [-0.25, -0.2) is 8.42 Å². The van der Waals surface area contributed by atoms with Gasteiger partial charge >= 0.3 is 0 Å². The highest BCUT2D eigenvalue weighted by Crippen LogP contribution is 2.20. The Balaban J connectivity index is 1.96. The normalized spacial score (nSPS) is 17.2. The minimum absolute atomic E-state index is 0.308. The van der Waals surface area contributed by atoms with E-state index in [2.05, 4.69) is 4.90 Å². The Labute approximate surface area is 131 Å². The summed E-state index contributed by atoms with van der Waals surface area (Å²) in [6.07, 6.45) is 1.10. The lowest BCUT2D eigenvalue weighted by Gasteiger charge is -2.37. The van der Waals surface area contributed by atoms with Gasteiger partial charge in [0.1, 0.15) is 11.0 Å². The predicted octanol–water partition coefficient (Wildman–Crippen LogP) is 0.777. The third-order valence-electron chi connectivity index (χ3n) is 4.02. The van der Waals surface area contributed by atoms with Crippen molar-refractivity contribution in [3.63, 3.8) is 0 Å². The first-order chi connectivity index (χ1) is 10.3. The summed E-state index contributed by atoms with van der Waals surface area (Å²) in [6, 6.07) is 7.77. The van der Waals surface area contributed by atoms with E-state index in [9.17, 15) is 13.2 Å². The number of anilines is 1. The fourth-order valence-electron chi connectivity index (χ4n) is 2.42. The Hall–Kier alpha value is -1.76. The molecule has 0 radical (unpaired) electrons. The van der Waals surface area contributed by atoms with E-state index < -0.39 is 15.1 Å². The average molecular weight is 326 g/mol. The van der Waals surface area contributed by atoms with Gasteiger partial charge in [0, 0.05) is 38.1 Å². The third-order valence-corrected chi connectivity index (χ3v) is 5.51. The third kappa shape index (κ3) is 3.71. The minimum Gasteiger partial charge on any atom is -0.497 e. The van der Waals surface area contributed by atoms with Gasteiger partial charge in [0.2, 0.25) is 5.91 Å². The zero-order chi connectivity index (χ0) is 16.3. The standard InChI is InChI=1S/C15H22N2O4S/c1-12(22(3,19)20)15(18)17-10-8-16(9-11-17)13-4-6-14(21-2)7-5-13/h4-7,12H,8-11H2,1-3H3/t12-/m1/s1. The molecule has 6 nitrogen and oxygen atoms in total. The van der Waals surface area contributed by atoms with Crippen molar-refractivity contribution in [3.8, 4) is 5.75 Å². The van der Waals surface area contributed by atoms with Gasteiger partial charge in [0.15, 0.2) is 9.84 Å². The number of sulfone groups is 1. The predicted molar refractivity (Wildman–Crippen MR) is 86.1 cm³/mol. The number of nitrogens with zero attached hydrogens (tertiary/aromatic N) is 2. The molecule has 1 aromatic carbocycles. The average Bonchev–Trinajstić information content (AvgIpc) is 2.53. The second-order valence-corrected chi connectivity index (χ2v) is 7.85. The Kier molecular flexibility index (Phi) is 4.95. The molecule has 0 unspecified atom stereocenters. The Morgan fingerprint density at radius 1 is 1.14 bits per heavy atom. The number of methoxy groups -OCH3 is 1. The maximum atomic E-state index is 12.2. The molecule has 1 atom stereocenters. The van der Waals surface area contributed by atoms with Crippen LogP contribution >= 0.6 is 0 Å². The lowest BCUT2D eigenvalue weighted by molar-refractivity contribution is -0.130. The van der Waals surface area contributed by atoms with Gasteiger partial charge < -0.3 is 14.5 Å². The van der Waals surface area contributed by atoms with Crippen LogP contribution in [0, 0.1) is 0 Å². The first kappa shape index (κ1) is 16.6. The van der Waals surface area contributed by atoms with Crippen LogP contribution in [0.3, 0.4) is 0 Å². The molecule has 0 saturated carbocycles. The molecule has 1 fully saturated rings. The van der Waals surface area contributed by atoms with Crippen molar-refractivity contribution in [2.24, 2.45) is 0 Å². The first-order valence-corrected chi connectivity index (χ1v) is 9.15. The topological polar surface area (TPSA) is 66.9 Å². The summed E-state index contributed by atoms with van der Waals surface area (Å²) >= 11 is 0. The summed E-state index contributed by atoms with van der Waals surface area (Å²) in [5.74, 6) is 0.497. The molecule has 0 bridgehead atoms. The number of hydrogen-bond acceptors (Lipinski definition) is 5. The first-order valence-electron chi connectivity index (χ1n) is 7.19. The van der Waals surface area contributed by atoms with Crippen molar-refractivity contribution in [1.82, 2.24) is 4.90 Å². The summed E-state index contributed by atoms with van der Waals surface area (Å²) in [5, 5.41) is -0.972. The largest absolute Gasteiger partial charge is 0.497 e. The molecular weight excluding hydrogens is 304 g/mol. The van der Waals surface area contributed by atoms with Gasteiger partial charge in [-0.1, -0.05) is 0 Å². The van der Waals surface area contributed by atoms with Crippen LogP contribution in [0.2, 0.25) is 0 Å². The van der Waals surface area contributed by atoms with E-state index in [0.29, 0.717) is 26.2 Å². The van der Waals surface area contributed by atoms with Gasteiger partial charge in [0.25, 0.3) is 0 Å². The van der Waals surface area contributed by atoms with Crippen LogP contribution < -0.4 is 9.64 Å². The molecule has 122 valence electrons. The molecule has 0 N–H and O–H groups in total. The van der Waals surface area contributed by atoms with Crippen molar-refractivity contribution >= 4 is 21.4 Å². The number of rotatable bonds is 4. The highest BCUT2D eigenvalue weighted by molar-refractivity contribution is 7.92. The summed E-state index contributed by atoms with van der Waals surface area (Å²) in [6.45, 7) is 3.89. The van der Waals surface area contributed by atoms with Crippen LogP contribution in [0.25, 0.3) is 0 Å². The van der Waals surface area contributed by atoms with E-state index >= 15 is 0 Å². The molecular formula is C15H22N2O4S. The number of carbonyl (C=O) groups is 1. The second kappa shape index (κ2) is 6.56. The lowest BCUT2D eigenvalue weighted by atomic mass is 10.2. The number of ether oxygens (including phenoxy) is 1. The Morgan fingerprint density at radius 2 is 1.68 bits per heavy atom. The second-order valence-electron chi connectivity index (χ2n) is 5.48. The van der Waals surface area contributed by atoms with E-state index in [1.54, 1.807) is 12.0 Å². The van der Waals surface area contributed by atoms with Gasteiger partial charge in [0.05, 0.1) is 7.11 Å². The van der Waals surface area contributed by atoms with Gasteiger partial charge in [-0.05, 0) is 31.2 Å². The molecule has 7 heteroatoms. The number of piperazine rings is 1. The molecule has 1 aliphatic rings. The molecule has 22 heavy (non-hydrogen) atoms. The van der Waals surface area contributed by atoms with Crippen molar-refractivity contribution in [2.45, 2.75) is 12.2 Å². The SMILES string of the molecule is COc1ccc(N2CCN(C(=O)[C@@H](C)S(C)(=O)=O)CC2)cc1. The molecule has 1 amide bonds. The van der Waals surface area contributed by atoms with Crippen molar-refractivity contribution in [2.75, 3.05) is 44.4 Å². The van der Waals surface area contributed by atoms with E-state index in [4.69, 9.17) is 4.74 Å². The number of benzene rings is 1. The van der Waals surface area contributed by atoms with Crippen LogP contribution in [0.4, 0.5) is 5.69 Å². The molecule has 1 heterocycles. The van der Waals surface area contributed by atoms with E-state index in [0.717, 1.165) is 17.7 Å². The molecule has 0 aliphatic carbocycles. The van der Waals surface area contributed by atoms with Gasteiger partial charge in [-0.3, -0.25) is 4.79 Å². The monoisotopic (exact) mass is 326 g/mol. The Morgan fingerprint density at radius 3 is 2.14 bits per heavy atom. The summed E-state index contributed by atoms with van der Waals surface area (Å²) in [4.78, 5) is 16.0. The van der Waals surface area contributed by atoms with Crippen LogP contribution in [0.1, 0.15) is 6.92 Å². The molecule has 1 aromatic rings. The van der Waals surface area contributed by atoms with Crippen LogP contribution in [0.5, 0.6) is 5.75 Å². The Bertz CT molecular complexity index is 619. The smallest absolute Gasteiger partial charge is 0.240 e. The number of carbonyl (C=O) groups excluding carboxylic acids is 1. The van der Waals surface area contributed by atoms with E-state index in [-0.39, 0.29) is 5.91 Å². The van der Waals surface area contributed by atoms with Crippen molar-refractivity contribution in [1.29, 1.82) is 0 Å². The molecule has 0 spiro atoms. The maximum Gasteiger partial charge on any atom is 0.240 e. The minimum atomic E-state index is -3.34. The summed E-state index contributed by atoms with van der Waals surface area (Å²) < 4.78 is 28.1. The van der Waals surface area contributed by atoms with Crippen molar-refractivity contribution < 1.29 is 17.9 Å². The molecule has 1 saturated heterocycles. The maximum absolute atomic E-state index is 12.2. The fourth-order valence-corrected chi connectivity index (χ4v) is 2.93. The molecule has 0 aromatic heterocycles. The fraction of sp³-hybridized carbons (Fsp3) is 0.533. The zero-order valence-electron chi connectivity index (χ0n) is 13.2. The van der Waals surface area contributed by atoms with E-state index in [1.165, 1.54) is 6.92 Å². The zero-order valence-corrected chi connectivity index (χ0v) is 14.0. The summed E-state index contributed by atoms with van der Waals surface area (Å²) in [5.41, 5.74) is 1.07. The number of amides is 1. The van der Waals surface area contributed by atoms with Crippen LogP contribution in [-0.4, -0.2) is 64.0 Å². The molecule has 2 rings (SSSR count). The van der Waals surface area contributed by atoms with Crippen LogP contribution in [-0.2, 0) is 14.6 Å². The summed E-state index contributed by atoms with van der Waals surface area (Å²) in [7, 11) is -1.72. The van der Waals surface area contributed by atoms with E-state index in [1.807, 2.05) is 24.3 Å².